The molecule has 0 aliphatic carbocycles. The van der Waals surface area contributed by atoms with Crippen molar-refractivity contribution in [3.63, 3.8) is 0 Å². The van der Waals surface area contributed by atoms with Gasteiger partial charge in [0, 0.05) is 32.4 Å². The molecule has 2 aromatic rings. The van der Waals surface area contributed by atoms with Gasteiger partial charge in [-0.2, -0.15) is 5.10 Å². The Morgan fingerprint density at radius 2 is 2.00 bits per heavy atom. The standard InChI is InChI=1S/C11H16N6O2/c1-4-9-8(6-15(2)13-9)5-12-11-10(17(18)19)7-16(3)14-11/h6-7H,4-5H2,1-3H3,(H,12,14). The Morgan fingerprint density at radius 1 is 1.32 bits per heavy atom. The minimum atomic E-state index is -0.445. The lowest BCUT2D eigenvalue weighted by atomic mass is 10.2. The molecule has 0 bridgehead atoms. The first-order chi connectivity index (χ1) is 9.01. The monoisotopic (exact) mass is 264 g/mol. The average molecular weight is 264 g/mol. The van der Waals surface area contributed by atoms with Crippen LogP contribution in [0.3, 0.4) is 0 Å². The van der Waals surface area contributed by atoms with Gasteiger partial charge in [-0.25, -0.2) is 0 Å². The van der Waals surface area contributed by atoms with Crippen LogP contribution in [-0.4, -0.2) is 24.5 Å². The van der Waals surface area contributed by atoms with Crippen LogP contribution in [0, 0.1) is 10.1 Å². The number of hydrogen-bond acceptors (Lipinski definition) is 5. The first kappa shape index (κ1) is 13.1. The van der Waals surface area contributed by atoms with E-state index < -0.39 is 4.92 Å². The highest BCUT2D eigenvalue weighted by Gasteiger charge is 2.18. The van der Waals surface area contributed by atoms with Gasteiger partial charge in [-0.15, -0.1) is 5.10 Å². The van der Waals surface area contributed by atoms with Gasteiger partial charge in [0.25, 0.3) is 0 Å². The van der Waals surface area contributed by atoms with Gasteiger partial charge in [0.15, 0.2) is 0 Å². The molecule has 1 N–H and O–H groups in total. The number of rotatable bonds is 5. The van der Waals surface area contributed by atoms with Crippen LogP contribution in [0.5, 0.6) is 0 Å². The van der Waals surface area contributed by atoms with Crippen molar-refractivity contribution in [2.45, 2.75) is 19.9 Å². The lowest BCUT2D eigenvalue weighted by Gasteiger charge is -2.02. The molecule has 0 aromatic carbocycles. The van der Waals surface area contributed by atoms with Crippen LogP contribution < -0.4 is 5.32 Å². The summed E-state index contributed by atoms with van der Waals surface area (Å²) in [5.74, 6) is 0.276. The van der Waals surface area contributed by atoms with Crippen molar-refractivity contribution in [2.75, 3.05) is 5.32 Å². The van der Waals surface area contributed by atoms with E-state index in [0.29, 0.717) is 6.54 Å². The number of nitrogens with one attached hydrogen (secondary N) is 1. The molecule has 2 aromatic heterocycles. The predicted octanol–water partition coefficient (Wildman–Crippen LogP) is 1.24. The van der Waals surface area contributed by atoms with E-state index in [1.807, 2.05) is 20.2 Å². The summed E-state index contributed by atoms with van der Waals surface area (Å²) in [6.07, 6.45) is 4.11. The Morgan fingerprint density at radius 3 is 2.63 bits per heavy atom. The Balaban J connectivity index is 2.16. The fourth-order valence-electron chi connectivity index (χ4n) is 1.94. The van der Waals surface area contributed by atoms with Gasteiger partial charge in [0.05, 0.1) is 10.6 Å². The summed E-state index contributed by atoms with van der Waals surface area (Å²) in [4.78, 5) is 10.4. The molecule has 0 fully saturated rings. The van der Waals surface area contributed by atoms with Gasteiger partial charge < -0.3 is 5.32 Å². The van der Waals surface area contributed by atoms with Crippen LogP contribution in [0.2, 0.25) is 0 Å². The van der Waals surface area contributed by atoms with E-state index in [1.54, 1.807) is 11.7 Å². The maximum Gasteiger partial charge on any atom is 0.330 e. The van der Waals surface area contributed by atoms with Crippen molar-refractivity contribution in [1.82, 2.24) is 19.6 Å². The van der Waals surface area contributed by atoms with Crippen molar-refractivity contribution in [3.8, 4) is 0 Å². The molecule has 102 valence electrons. The summed E-state index contributed by atoms with van der Waals surface area (Å²) < 4.78 is 3.16. The minimum absolute atomic E-state index is 0.0237. The van der Waals surface area contributed by atoms with Crippen LogP contribution in [0.4, 0.5) is 11.5 Å². The second-order valence-corrected chi connectivity index (χ2v) is 4.28. The summed E-state index contributed by atoms with van der Waals surface area (Å²) in [5.41, 5.74) is 1.97. The largest absolute Gasteiger partial charge is 0.359 e. The van der Waals surface area contributed by atoms with Crippen LogP contribution in [0.15, 0.2) is 12.4 Å². The van der Waals surface area contributed by atoms with Gasteiger partial charge in [-0.3, -0.25) is 19.5 Å². The summed E-state index contributed by atoms with van der Waals surface area (Å²) in [6, 6.07) is 0. The van der Waals surface area contributed by atoms with Crippen molar-refractivity contribution >= 4 is 11.5 Å². The second-order valence-electron chi connectivity index (χ2n) is 4.28. The molecule has 8 nitrogen and oxygen atoms in total. The molecule has 0 radical (unpaired) electrons. The molecule has 8 heteroatoms. The zero-order valence-corrected chi connectivity index (χ0v) is 11.1. The molecule has 2 rings (SSSR count). The molecule has 0 aliphatic heterocycles. The third kappa shape index (κ3) is 2.72. The minimum Gasteiger partial charge on any atom is -0.359 e. The van der Waals surface area contributed by atoms with E-state index in [1.165, 1.54) is 10.9 Å². The van der Waals surface area contributed by atoms with E-state index in [2.05, 4.69) is 15.5 Å². The summed E-state index contributed by atoms with van der Waals surface area (Å²) in [5, 5.41) is 22.2. The van der Waals surface area contributed by atoms with E-state index >= 15 is 0 Å². The first-order valence-corrected chi connectivity index (χ1v) is 5.94. The highest BCUT2D eigenvalue weighted by molar-refractivity contribution is 5.54. The normalized spacial score (nSPS) is 10.7. The second kappa shape index (κ2) is 5.09. The topological polar surface area (TPSA) is 90.8 Å². The number of aromatic nitrogens is 4. The van der Waals surface area contributed by atoms with Crippen molar-refractivity contribution in [3.05, 3.63) is 33.8 Å². The molecule has 0 unspecified atom stereocenters. The molecule has 19 heavy (non-hydrogen) atoms. The summed E-state index contributed by atoms with van der Waals surface area (Å²) in [6.45, 7) is 2.49. The molecule has 2 heterocycles. The SMILES string of the molecule is CCc1nn(C)cc1CNc1nn(C)cc1[N+](=O)[O-]. The van der Waals surface area contributed by atoms with E-state index in [-0.39, 0.29) is 11.5 Å². The molecule has 0 spiro atoms. The quantitative estimate of drug-likeness (QED) is 0.648. The molecular weight excluding hydrogens is 248 g/mol. The zero-order valence-electron chi connectivity index (χ0n) is 11.1. The Bertz CT molecular complexity index is 600. The maximum absolute atomic E-state index is 10.9. The molecule has 0 atom stereocenters. The highest BCUT2D eigenvalue weighted by atomic mass is 16.6. The Hall–Kier alpha value is -2.38. The zero-order chi connectivity index (χ0) is 14.0. The summed E-state index contributed by atoms with van der Waals surface area (Å²) >= 11 is 0. The first-order valence-electron chi connectivity index (χ1n) is 5.94. The van der Waals surface area contributed by atoms with Gasteiger partial charge in [0.2, 0.25) is 5.82 Å². The van der Waals surface area contributed by atoms with Crippen LogP contribution in [0.25, 0.3) is 0 Å². The predicted molar refractivity (Wildman–Crippen MR) is 69.8 cm³/mol. The third-order valence-electron chi connectivity index (χ3n) is 2.78. The average Bonchev–Trinajstić information content (AvgIpc) is 2.89. The van der Waals surface area contributed by atoms with Gasteiger partial charge in [0.1, 0.15) is 6.20 Å². The molecule has 0 aliphatic rings. The van der Waals surface area contributed by atoms with Gasteiger partial charge in [-0.1, -0.05) is 6.92 Å². The van der Waals surface area contributed by atoms with Crippen molar-refractivity contribution in [2.24, 2.45) is 14.1 Å². The highest BCUT2D eigenvalue weighted by Crippen LogP contribution is 2.22. The lowest BCUT2D eigenvalue weighted by molar-refractivity contribution is -0.384. The Kier molecular flexibility index (Phi) is 3.50. The maximum atomic E-state index is 10.9. The number of aryl methyl sites for hydroxylation is 3. The van der Waals surface area contributed by atoms with Crippen LogP contribution in [0.1, 0.15) is 18.2 Å². The summed E-state index contributed by atoms with van der Waals surface area (Å²) in [7, 11) is 3.51. The smallest absolute Gasteiger partial charge is 0.330 e. The fraction of sp³-hybridized carbons (Fsp3) is 0.455. The third-order valence-corrected chi connectivity index (χ3v) is 2.78. The molecule has 0 saturated heterocycles. The van der Waals surface area contributed by atoms with Gasteiger partial charge >= 0.3 is 5.69 Å². The molecule has 0 saturated carbocycles. The Labute approximate surface area is 110 Å². The number of hydrogen-bond donors (Lipinski definition) is 1. The fourth-order valence-corrected chi connectivity index (χ4v) is 1.94. The van der Waals surface area contributed by atoms with E-state index in [4.69, 9.17) is 0 Å². The van der Waals surface area contributed by atoms with Crippen LogP contribution >= 0.6 is 0 Å². The van der Waals surface area contributed by atoms with E-state index in [9.17, 15) is 10.1 Å². The van der Waals surface area contributed by atoms with Gasteiger partial charge in [-0.05, 0) is 6.42 Å². The molecular formula is C11H16N6O2. The van der Waals surface area contributed by atoms with Crippen LogP contribution in [-0.2, 0) is 27.1 Å². The van der Waals surface area contributed by atoms with E-state index in [0.717, 1.165) is 17.7 Å². The van der Waals surface area contributed by atoms with Crippen molar-refractivity contribution < 1.29 is 4.92 Å². The lowest BCUT2D eigenvalue weighted by Crippen LogP contribution is -2.04. The molecule has 0 amide bonds. The van der Waals surface area contributed by atoms with Crippen molar-refractivity contribution in [1.29, 1.82) is 0 Å². The number of anilines is 1. The number of nitrogens with zero attached hydrogens (tertiary/aromatic N) is 5. The number of nitro groups is 1.